The number of nitrogens with zero attached hydrogens (tertiary/aromatic N) is 1. The number of carbonyl (C=O) groups excluding carboxylic acids is 2. The maximum Gasteiger partial charge on any atom is 0.433 e. The first-order valence-electron chi connectivity index (χ1n) is 11.3. The van der Waals surface area contributed by atoms with Gasteiger partial charge >= 0.3 is 12.1 Å². The van der Waals surface area contributed by atoms with Crippen molar-refractivity contribution in [1.82, 2.24) is 4.98 Å². The molecule has 4 aromatic rings. The van der Waals surface area contributed by atoms with Crippen LogP contribution >= 0.6 is 22.7 Å². The molecule has 0 radical (unpaired) electrons. The largest absolute Gasteiger partial charge is 0.462 e. The van der Waals surface area contributed by atoms with Crippen LogP contribution in [0.15, 0.2) is 24.3 Å². The van der Waals surface area contributed by atoms with Crippen LogP contribution < -0.4 is 11.1 Å². The van der Waals surface area contributed by atoms with Gasteiger partial charge in [-0.3, -0.25) is 4.79 Å². The summed E-state index contributed by atoms with van der Waals surface area (Å²) in [6.07, 6.45) is -4.69. The van der Waals surface area contributed by atoms with Crippen LogP contribution in [0.1, 0.15) is 54.2 Å². The van der Waals surface area contributed by atoms with Crippen molar-refractivity contribution in [3.63, 3.8) is 0 Å². The zero-order chi connectivity index (χ0) is 27.2. The van der Waals surface area contributed by atoms with Gasteiger partial charge in [0.25, 0.3) is 5.91 Å². The van der Waals surface area contributed by atoms with Crippen LogP contribution in [0.3, 0.4) is 0 Å². The van der Waals surface area contributed by atoms with Gasteiger partial charge < -0.3 is 15.8 Å². The van der Waals surface area contributed by atoms with E-state index in [1.807, 2.05) is 26.8 Å². The SMILES string of the molecule is CCOC(=O)c1c(NC(=O)c2sc3nc(C(F)(F)F)cc(-c4ccc(C)c(C)c4)c3c2N)sc(C)c1C. The minimum atomic E-state index is -4.69. The number of thiophene rings is 2. The molecule has 0 aliphatic carbocycles. The predicted molar refractivity (Wildman–Crippen MR) is 142 cm³/mol. The van der Waals surface area contributed by atoms with Gasteiger partial charge in [-0.1, -0.05) is 18.2 Å². The number of pyridine rings is 1. The molecule has 0 aliphatic heterocycles. The van der Waals surface area contributed by atoms with Gasteiger partial charge in [0.2, 0.25) is 0 Å². The average molecular weight is 548 g/mol. The lowest BCUT2D eigenvalue weighted by Gasteiger charge is -2.12. The Morgan fingerprint density at radius 2 is 1.78 bits per heavy atom. The highest BCUT2D eigenvalue weighted by atomic mass is 32.1. The zero-order valence-electron chi connectivity index (χ0n) is 20.7. The Morgan fingerprint density at radius 1 is 1.08 bits per heavy atom. The van der Waals surface area contributed by atoms with Crippen LogP contribution in [0, 0.1) is 27.7 Å². The lowest BCUT2D eigenvalue weighted by molar-refractivity contribution is -0.140. The Balaban J connectivity index is 1.86. The number of aryl methyl sites for hydroxylation is 3. The number of fused-ring (bicyclic) bond motifs is 1. The monoisotopic (exact) mass is 547 g/mol. The van der Waals surface area contributed by atoms with Crippen molar-refractivity contribution in [2.45, 2.75) is 40.8 Å². The Kier molecular flexibility index (Phi) is 7.04. The van der Waals surface area contributed by atoms with E-state index >= 15 is 0 Å². The van der Waals surface area contributed by atoms with Gasteiger partial charge in [-0.15, -0.1) is 22.7 Å². The summed E-state index contributed by atoms with van der Waals surface area (Å²) in [7, 11) is 0. The second kappa shape index (κ2) is 9.79. The van der Waals surface area contributed by atoms with Crippen LogP contribution in [0.4, 0.5) is 23.9 Å². The van der Waals surface area contributed by atoms with Crippen LogP contribution in [0.5, 0.6) is 0 Å². The van der Waals surface area contributed by atoms with E-state index in [0.29, 0.717) is 11.1 Å². The van der Waals surface area contributed by atoms with Crippen molar-refractivity contribution in [3.05, 3.63) is 62.0 Å². The molecule has 6 nitrogen and oxygen atoms in total. The van der Waals surface area contributed by atoms with E-state index in [1.165, 1.54) is 11.3 Å². The number of aromatic nitrogens is 1. The molecule has 0 atom stereocenters. The molecule has 0 saturated carbocycles. The molecular weight excluding hydrogens is 523 g/mol. The maximum absolute atomic E-state index is 13.7. The van der Waals surface area contributed by atoms with Crippen molar-refractivity contribution < 1.29 is 27.5 Å². The van der Waals surface area contributed by atoms with Gasteiger partial charge in [-0.25, -0.2) is 9.78 Å². The van der Waals surface area contributed by atoms with Gasteiger partial charge in [-0.05, 0) is 68.5 Å². The quantitative estimate of drug-likeness (QED) is 0.256. The number of alkyl halides is 3. The summed E-state index contributed by atoms with van der Waals surface area (Å²) < 4.78 is 46.3. The second-order valence-electron chi connectivity index (χ2n) is 8.54. The molecule has 0 bridgehead atoms. The number of anilines is 2. The lowest BCUT2D eigenvalue weighted by Crippen LogP contribution is -2.15. The van der Waals surface area contributed by atoms with Crippen molar-refractivity contribution in [3.8, 4) is 11.1 Å². The number of carbonyl (C=O) groups is 2. The molecule has 3 aromatic heterocycles. The molecule has 11 heteroatoms. The molecule has 0 unspecified atom stereocenters. The summed E-state index contributed by atoms with van der Waals surface area (Å²) in [5, 5.41) is 3.27. The first-order valence-corrected chi connectivity index (χ1v) is 12.9. The van der Waals surface area contributed by atoms with E-state index in [0.717, 1.165) is 33.4 Å². The van der Waals surface area contributed by atoms with Crippen molar-refractivity contribution in [2.75, 3.05) is 17.7 Å². The summed E-state index contributed by atoms with van der Waals surface area (Å²) in [4.78, 5) is 30.4. The van der Waals surface area contributed by atoms with Gasteiger partial charge in [0.05, 0.1) is 17.9 Å². The van der Waals surface area contributed by atoms with Crippen molar-refractivity contribution in [1.29, 1.82) is 0 Å². The fraction of sp³-hybridized carbons (Fsp3) is 0.269. The standard InChI is InChI=1S/C26H24F3N3O3S2/c1-6-35-25(34)18-13(4)14(5)36-23(18)32-22(33)21-20(30)19-16(15-8-7-11(2)12(3)9-15)10-17(26(27,28)29)31-24(19)37-21/h7-10H,6,30H2,1-5H3,(H,32,33). The lowest BCUT2D eigenvalue weighted by atomic mass is 9.97. The van der Waals surface area contributed by atoms with Crippen LogP contribution in [-0.4, -0.2) is 23.5 Å². The number of benzene rings is 1. The summed E-state index contributed by atoms with van der Waals surface area (Å²) in [5.74, 6) is -1.22. The second-order valence-corrected chi connectivity index (χ2v) is 10.8. The molecule has 0 aliphatic rings. The number of nitrogens with two attached hydrogens (primary N) is 1. The van der Waals surface area contributed by atoms with E-state index in [1.54, 1.807) is 26.0 Å². The van der Waals surface area contributed by atoms with E-state index in [4.69, 9.17) is 10.5 Å². The number of nitrogen functional groups attached to an aromatic ring is 1. The molecule has 194 valence electrons. The summed E-state index contributed by atoms with van der Waals surface area (Å²) in [6.45, 7) is 9.17. The third kappa shape index (κ3) is 4.93. The summed E-state index contributed by atoms with van der Waals surface area (Å²) in [6, 6.07) is 6.28. The Morgan fingerprint density at radius 3 is 2.41 bits per heavy atom. The number of esters is 1. The minimum absolute atomic E-state index is 0.00476. The smallest absolute Gasteiger partial charge is 0.433 e. The molecule has 1 aromatic carbocycles. The molecule has 0 saturated heterocycles. The number of ether oxygens (including phenoxy) is 1. The average Bonchev–Trinajstić information content (AvgIpc) is 3.30. The van der Waals surface area contributed by atoms with E-state index in [2.05, 4.69) is 10.3 Å². The van der Waals surface area contributed by atoms with Crippen LogP contribution in [0.25, 0.3) is 21.3 Å². The first-order chi connectivity index (χ1) is 17.3. The van der Waals surface area contributed by atoms with Gasteiger partial charge in [-0.2, -0.15) is 13.2 Å². The van der Waals surface area contributed by atoms with Gasteiger partial charge in [0, 0.05) is 10.3 Å². The Bertz CT molecular complexity index is 1550. The number of hydrogen-bond acceptors (Lipinski definition) is 7. The number of hydrogen-bond donors (Lipinski definition) is 2. The summed E-state index contributed by atoms with van der Waals surface area (Å²) >= 11 is 1.98. The van der Waals surface area contributed by atoms with Crippen molar-refractivity contribution in [2.24, 2.45) is 0 Å². The molecule has 37 heavy (non-hydrogen) atoms. The van der Waals surface area contributed by atoms with Crippen LogP contribution in [-0.2, 0) is 10.9 Å². The molecule has 0 fully saturated rings. The number of halogens is 3. The van der Waals surface area contributed by atoms with Crippen LogP contribution in [0.2, 0.25) is 0 Å². The fourth-order valence-corrected chi connectivity index (χ4v) is 5.95. The third-order valence-corrected chi connectivity index (χ3v) is 8.33. The Hall–Kier alpha value is -3.44. The van der Waals surface area contributed by atoms with E-state index in [9.17, 15) is 22.8 Å². The first kappa shape index (κ1) is 26.6. The highest BCUT2D eigenvalue weighted by Crippen LogP contribution is 2.43. The molecule has 0 spiro atoms. The minimum Gasteiger partial charge on any atom is -0.462 e. The third-order valence-electron chi connectivity index (χ3n) is 6.11. The number of nitrogens with one attached hydrogen (secondary N) is 1. The molecule has 3 heterocycles. The zero-order valence-corrected chi connectivity index (χ0v) is 22.3. The fourth-order valence-electron chi connectivity index (χ4n) is 3.90. The van der Waals surface area contributed by atoms with E-state index in [-0.39, 0.29) is 43.5 Å². The summed E-state index contributed by atoms with van der Waals surface area (Å²) in [5.41, 5.74) is 8.91. The maximum atomic E-state index is 13.7. The van der Waals surface area contributed by atoms with Gasteiger partial charge in [0.1, 0.15) is 20.4 Å². The number of amides is 1. The van der Waals surface area contributed by atoms with E-state index < -0.39 is 23.7 Å². The Labute approximate surface area is 219 Å². The molecule has 1 amide bonds. The van der Waals surface area contributed by atoms with Crippen molar-refractivity contribution >= 4 is 55.5 Å². The predicted octanol–water partition coefficient (Wildman–Crippen LogP) is 7.29. The molecule has 4 rings (SSSR count). The topological polar surface area (TPSA) is 94.3 Å². The highest BCUT2D eigenvalue weighted by Gasteiger charge is 2.35. The number of rotatable bonds is 5. The molecular formula is C26H24F3N3O3S2. The molecule has 3 N–H and O–H groups in total. The highest BCUT2D eigenvalue weighted by molar-refractivity contribution is 7.21. The van der Waals surface area contributed by atoms with Gasteiger partial charge in [0.15, 0.2) is 0 Å². The normalized spacial score (nSPS) is 11.7.